The summed E-state index contributed by atoms with van der Waals surface area (Å²) in [6.45, 7) is 0.892. The first-order chi connectivity index (χ1) is 9.60. The number of hydrogen-bond acceptors (Lipinski definition) is 4. The summed E-state index contributed by atoms with van der Waals surface area (Å²) in [4.78, 5) is 25.3. The Hall–Kier alpha value is -1.92. The van der Waals surface area contributed by atoms with Crippen LogP contribution in [-0.2, 0) is 17.9 Å². The first kappa shape index (κ1) is 13.1. The number of hydrogen-bond donors (Lipinski definition) is 3. The lowest BCUT2D eigenvalue weighted by molar-refractivity contribution is -0.129. The van der Waals surface area contributed by atoms with E-state index in [9.17, 15) is 14.7 Å². The van der Waals surface area contributed by atoms with Crippen molar-refractivity contribution in [3.8, 4) is 0 Å². The van der Waals surface area contributed by atoms with Gasteiger partial charge in [0.25, 0.3) is 5.91 Å². The molecule has 0 spiro atoms. The van der Waals surface area contributed by atoms with Crippen molar-refractivity contribution in [2.75, 3.05) is 0 Å². The second-order valence-corrected chi connectivity index (χ2v) is 5.25. The number of fused-ring (bicyclic) bond motifs is 1. The topological polar surface area (TPSA) is 95.7 Å². The van der Waals surface area contributed by atoms with Gasteiger partial charge in [0.15, 0.2) is 0 Å². The lowest BCUT2D eigenvalue weighted by atomic mass is 10.0. The van der Waals surface area contributed by atoms with Gasteiger partial charge in [-0.1, -0.05) is 12.1 Å². The molecule has 0 aromatic heterocycles. The maximum absolute atomic E-state index is 12.4. The molecule has 3 rings (SSSR count). The molecule has 1 aromatic carbocycles. The number of carbonyl (C=O) groups excluding carboxylic acids is 2. The minimum Gasteiger partial charge on any atom is -0.372 e. The van der Waals surface area contributed by atoms with Crippen LogP contribution in [0.4, 0.5) is 0 Å². The van der Waals surface area contributed by atoms with Gasteiger partial charge in [-0.3, -0.25) is 9.59 Å². The van der Waals surface area contributed by atoms with Gasteiger partial charge in [0.05, 0.1) is 6.04 Å². The number of amides is 2. The predicted molar refractivity (Wildman–Crippen MR) is 71.4 cm³/mol. The second-order valence-electron chi connectivity index (χ2n) is 5.25. The van der Waals surface area contributed by atoms with Crippen LogP contribution in [0.25, 0.3) is 0 Å². The van der Waals surface area contributed by atoms with E-state index in [1.807, 2.05) is 12.1 Å². The lowest BCUT2D eigenvalue weighted by Gasteiger charge is -2.35. The molecule has 4 N–H and O–H groups in total. The quantitative estimate of drug-likeness (QED) is 0.690. The van der Waals surface area contributed by atoms with E-state index in [-0.39, 0.29) is 17.9 Å². The van der Waals surface area contributed by atoms with Crippen LogP contribution in [-0.4, -0.2) is 34.1 Å². The van der Waals surface area contributed by atoms with E-state index in [1.54, 1.807) is 11.0 Å². The van der Waals surface area contributed by atoms with Crippen molar-refractivity contribution in [3.05, 3.63) is 34.9 Å². The van der Waals surface area contributed by atoms with E-state index in [4.69, 9.17) is 5.73 Å². The second kappa shape index (κ2) is 4.88. The molecule has 20 heavy (non-hydrogen) atoms. The molecule has 2 heterocycles. The molecule has 0 bridgehead atoms. The Kier molecular flexibility index (Phi) is 3.19. The van der Waals surface area contributed by atoms with Gasteiger partial charge < -0.3 is 21.1 Å². The molecule has 106 valence electrons. The van der Waals surface area contributed by atoms with Crippen LogP contribution >= 0.6 is 0 Å². The van der Waals surface area contributed by atoms with Crippen LogP contribution in [0.2, 0.25) is 0 Å². The fourth-order valence-corrected chi connectivity index (χ4v) is 2.89. The highest BCUT2D eigenvalue weighted by Gasteiger charge is 2.38. The zero-order valence-corrected chi connectivity index (χ0v) is 11.0. The third kappa shape index (κ3) is 2.07. The number of rotatable bonds is 2. The van der Waals surface area contributed by atoms with E-state index in [0.717, 1.165) is 11.1 Å². The maximum Gasteiger partial charge on any atom is 0.254 e. The number of benzene rings is 1. The normalized spacial score (nSPS) is 25.6. The summed E-state index contributed by atoms with van der Waals surface area (Å²) in [6, 6.07) is 5.20. The van der Waals surface area contributed by atoms with Gasteiger partial charge in [-0.25, -0.2) is 0 Å². The van der Waals surface area contributed by atoms with E-state index in [2.05, 4.69) is 5.32 Å². The Labute approximate surface area is 116 Å². The average Bonchev–Trinajstić information content (AvgIpc) is 2.75. The van der Waals surface area contributed by atoms with Crippen molar-refractivity contribution >= 4 is 11.8 Å². The molecule has 0 saturated carbocycles. The molecule has 2 amide bonds. The minimum atomic E-state index is -0.997. The van der Waals surface area contributed by atoms with Crippen LogP contribution in [0.5, 0.6) is 0 Å². The zero-order chi connectivity index (χ0) is 14.3. The Morgan fingerprint density at radius 1 is 1.40 bits per heavy atom. The SMILES string of the molecule is NCc1ccc2c(c1)CN(C1CCC(=O)NC1O)C2=O. The van der Waals surface area contributed by atoms with E-state index in [0.29, 0.717) is 31.5 Å². The van der Waals surface area contributed by atoms with E-state index in [1.165, 1.54) is 0 Å². The minimum absolute atomic E-state index is 0.0937. The average molecular weight is 275 g/mol. The molecule has 2 atom stereocenters. The van der Waals surface area contributed by atoms with Gasteiger partial charge in [0, 0.05) is 25.1 Å². The molecular formula is C14H17N3O3. The molecule has 6 nitrogen and oxygen atoms in total. The fraction of sp³-hybridized carbons (Fsp3) is 0.429. The number of piperidine rings is 1. The van der Waals surface area contributed by atoms with Crippen LogP contribution < -0.4 is 11.1 Å². The Morgan fingerprint density at radius 2 is 2.20 bits per heavy atom. The number of nitrogens with two attached hydrogens (primary N) is 1. The summed E-state index contributed by atoms with van der Waals surface area (Å²) in [5, 5.41) is 12.4. The molecule has 0 aliphatic carbocycles. The summed E-state index contributed by atoms with van der Waals surface area (Å²) in [6.07, 6.45) is -0.185. The number of aliphatic hydroxyl groups excluding tert-OH is 1. The molecule has 0 radical (unpaired) electrons. The van der Waals surface area contributed by atoms with Gasteiger partial charge in [-0.05, 0) is 23.6 Å². The van der Waals surface area contributed by atoms with Gasteiger partial charge in [0.2, 0.25) is 5.91 Å². The summed E-state index contributed by atoms with van der Waals surface area (Å²) in [7, 11) is 0. The Bertz CT molecular complexity index is 573. The number of nitrogens with one attached hydrogen (secondary N) is 1. The fourth-order valence-electron chi connectivity index (χ4n) is 2.89. The smallest absolute Gasteiger partial charge is 0.254 e. The van der Waals surface area contributed by atoms with Crippen LogP contribution in [0.15, 0.2) is 18.2 Å². The molecule has 1 fully saturated rings. The summed E-state index contributed by atoms with van der Waals surface area (Å²) >= 11 is 0. The molecule has 2 unspecified atom stereocenters. The third-order valence-corrected chi connectivity index (χ3v) is 3.98. The Balaban J connectivity index is 1.84. The largest absolute Gasteiger partial charge is 0.372 e. The lowest BCUT2D eigenvalue weighted by Crippen LogP contribution is -2.55. The molecule has 1 aromatic rings. The Morgan fingerprint density at radius 3 is 2.90 bits per heavy atom. The number of aliphatic hydroxyl groups is 1. The highest BCUT2D eigenvalue weighted by atomic mass is 16.3. The predicted octanol–water partition coefficient (Wildman–Crippen LogP) is -0.302. The van der Waals surface area contributed by atoms with Crippen LogP contribution in [0, 0.1) is 0 Å². The van der Waals surface area contributed by atoms with Gasteiger partial charge in [0.1, 0.15) is 6.23 Å². The molecular weight excluding hydrogens is 258 g/mol. The van der Waals surface area contributed by atoms with Gasteiger partial charge in [-0.2, -0.15) is 0 Å². The first-order valence-electron chi connectivity index (χ1n) is 6.70. The van der Waals surface area contributed by atoms with Crippen LogP contribution in [0.1, 0.15) is 34.3 Å². The monoisotopic (exact) mass is 275 g/mol. The van der Waals surface area contributed by atoms with E-state index < -0.39 is 6.23 Å². The highest BCUT2D eigenvalue weighted by Crippen LogP contribution is 2.28. The summed E-state index contributed by atoms with van der Waals surface area (Å²) in [5.41, 5.74) is 8.18. The van der Waals surface area contributed by atoms with Crippen molar-refractivity contribution in [2.45, 2.75) is 38.2 Å². The van der Waals surface area contributed by atoms with Crippen molar-refractivity contribution in [1.82, 2.24) is 10.2 Å². The van der Waals surface area contributed by atoms with E-state index >= 15 is 0 Å². The highest BCUT2D eigenvalue weighted by molar-refractivity contribution is 5.98. The number of carbonyl (C=O) groups is 2. The number of nitrogens with zero attached hydrogens (tertiary/aromatic N) is 1. The summed E-state index contributed by atoms with van der Waals surface area (Å²) < 4.78 is 0. The van der Waals surface area contributed by atoms with Crippen molar-refractivity contribution < 1.29 is 14.7 Å². The van der Waals surface area contributed by atoms with Crippen molar-refractivity contribution in [1.29, 1.82) is 0 Å². The van der Waals surface area contributed by atoms with Gasteiger partial charge >= 0.3 is 0 Å². The maximum atomic E-state index is 12.4. The molecule has 1 saturated heterocycles. The van der Waals surface area contributed by atoms with Gasteiger partial charge in [-0.15, -0.1) is 0 Å². The van der Waals surface area contributed by atoms with Crippen molar-refractivity contribution in [3.63, 3.8) is 0 Å². The van der Waals surface area contributed by atoms with Crippen molar-refractivity contribution in [2.24, 2.45) is 5.73 Å². The first-order valence-corrected chi connectivity index (χ1v) is 6.70. The zero-order valence-electron chi connectivity index (χ0n) is 11.0. The molecule has 2 aliphatic rings. The summed E-state index contributed by atoms with van der Waals surface area (Å²) in [5.74, 6) is -0.271. The standard InChI is InChI=1S/C14H17N3O3/c15-6-8-1-2-10-9(5-8)7-17(14(10)20)11-3-4-12(18)16-13(11)19/h1-2,5,11,13,19H,3-4,6-7,15H2,(H,16,18). The van der Waals surface area contributed by atoms with Crippen LogP contribution in [0.3, 0.4) is 0 Å². The third-order valence-electron chi connectivity index (χ3n) is 3.98. The molecule has 2 aliphatic heterocycles. The molecule has 6 heteroatoms.